The summed E-state index contributed by atoms with van der Waals surface area (Å²) >= 11 is 3.20. The molecule has 2 aromatic heterocycles. The first-order valence-electron chi connectivity index (χ1n) is 5.52. The van der Waals surface area contributed by atoms with Gasteiger partial charge in [-0.05, 0) is 41.9 Å². The van der Waals surface area contributed by atoms with Crippen LogP contribution in [0.1, 0.15) is 25.7 Å². The van der Waals surface area contributed by atoms with Gasteiger partial charge in [0.1, 0.15) is 0 Å². The van der Waals surface area contributed by atoms with Crippen LogP contribution in [0.2, 0.25) is 0 Å². The maximum Gasteiger partial charge on any atom is 0.293 e. The maximum absolute atomic E-state index is 5.89. The van der Waals surface area contributed by atoms with E-state index in [1.165, 1.54) is 0 Å². The Morgan fingerprint density at radius 3 is 2.83 bits per heavy atom. The summed E-state index contributed by atoms with van der Waals surface area (Å²) in [4.78, 5) is 4.17. The molecule has 18 heavy (non-hydrogen) atoms. The van der Waals surface area contributed by atoms with Crippen LogP contribution in [0, 0.1) is 0 Å². The second-order valence-electron chi connectivity index (χ2n) is 4.05. The number of hydrogen-bond donors (Lipinski definition) is 1. The molecule has 0 aliphatic carbocycles. The average Bonchev–Trinajstić information content (AvgIpc) is 2.93. The summed E-state index contributed by atoms with van der Waals surface area (Å²) in [6.45, 7) is 4.22. The lowest BCUT2D eigenvalue weighted by Crippen LogP contribution is -2.20. The summed E-state index contributed by atoms with van der Waals surface area (Å²) in [7, 11) is 0. The van der Waals surface area contributed by atoms with E-state index in [9.17, 15) is 0 Å². The van der Waals surface area contributed by atoms with Gasteiger partial charge in [0.25, 0.3) is 5.89 Å². The van der Waals surface area contributed by atoms with E-state index in [4.69, 9.17) is 19.4 Å². The molecule has 1 atom stereocenters. The molecular formula is C11H14BrN3O3. The molecular weight excluding hydrogens is 302 g/mol. The van der Waals surface area contributed by atoms with Crippen LogP contribution in [-0.4, -0.2) is 22.9 Å². The first-order valence-corrected chi connectivity index (χ1v) is 6.32. The zero-order valence-corrected chi connectivity index (χ0v) is 11.7. The van der Waals surface area contributed by atoms with Crippen molar-refractivity contribution >= 4 is 15.9 Å². The smallest absolute Gasteiger partial charge is 0.293 e. The summed E-state index contributed by atoms with van der Waals surface area (Å²) in [6, 6.07) is 3.07. The van der Waals surface area contributed by atoms with Crippen LogP contribution >= 0.6 is 15.9 Å². The van der Waals surface area contributed by atoms with Crippen LogP contribution in [0.5, 0.6) is 0 Å². The van der Waals surface area contributed by atoms with Crippen LogP contribution in [0.25, 0.3) is 11.7 Å². The Kier molecular flexibility index (Phi) is 4.15. The second kappa shape index (κ2) is 5.64. The van der Waals surface area contributed by atoms with Crippen LogP contribution in [0.3, 0.4) is 0 Å². The molecule has 2 heterocycles. The largest absolute Gasteiger partial charge is 0.444 e. The molecule has 0 fully saturated rings. The van der Waals surface area contributed by atoms with Gasteiger partial charge in [0, 0.05) is 0 Å². The van der Waals surface area contributed by atoms with Crippen molar-refractivity contribution in [3.63, 3.8) is 0 Å². The highest BCUT2D eigenvalue weighted by Gasteiger charge is 2.17. The van der Waals surface area contributed by atoms with Gasteiger partial charge in [-0.15, -0.1) is 0 Å². The van der Waals surface area contributed by atoms with Crippen LogP contribution < -0.4 is 5.73 Å². The fourth-order valence-corrected chi connectivity index (χ4v) is 1.59. The number of hydrogen-bond acceptors (Lipinski definition) is 6. The van der Waals surface area contributed by atoms with E-state index in [0.717, 1.165) is 0 Å². The number of furan rings is 1. The molecule has 0 radical (unpaired) electrons. The van der Waals surface area contributed by atoms with E-state index < -0.39 is 6.04 Å². The van der Waals surface area contributed by atoms with Crippen molar-refractivity contribution in [3.8, 4) is 11.7 Å². The third-order valence-electron chi connectivity index (χ3n) is 2.17. The quantitative estimate of drug-likeness (QED) is 0.912. The SMILES string of the molecule is CC(C)OCC(N)c1noc(-c2ccc(Br)o2)n1. The van der Waals surface area contributed by atoms with Gasteiger partial charge in [0.2, 0.25) is 0 Å². The molecule has 0 aliphatic heterocycles. The van der Waals surface area contributed by atoms with Crippen molar-refractivity contribution in [3.05, 3.63) is 22.6 Å². The van der Waals surface area contributed by atoms with Gasteiger partial charge in [0.05, 0.1) is 18.8 Å². The van der Waals surface area contributed by atoms with Gasteiger partial charge in [-0.2, -0.15) is 4.98 Å². The Bertz CT molecular complexity index is 509. The maximum atomic E-state index is 5.89. The number of ether oxygens (including phenoxy) is 1. The summed E-state index contributed by atoms with van der Waals surface area (Å²) in [5.74, 6) is 1.20. The van der Waals surface area contributed by atoms with Crippen LogP contribution in [0.4, 0.5) is 0 Å². The molecule has 0 aliphatic rings. The molecule has 0 saturated carbocycles. The van der Waals surface area contributed by atoms with Crippen molar-refractivity contribution in [1.29, 1.82) is 0 Å². The Morgan fingerprint density at radius 2 is 2.22 bits per heavy atom. The fourth-order valence-electron chi connectivity index (χ4n) is 1.29. The lowest BCUT2D eigenvalue weighted by molar-refractivity contribution is 0.0665. The number of nitrogens with zero attached hydrogens (tertiary/aromatic N) is 2. The zero-order chi connectivity index (χ0) is 13.1. The number of aromatic nitrogens is 2. The molecule has 0 bridgehead atoms. The zero-order valence-electron chi connectivity index (χ0n) is 10.1. The van der Waals surface area contributed by atoms with Crippen LogP contribution in [-0.2, 0) is 4.74 Å². The topological polar surface area (TPSA) is 87.3 Å². The summed E-state index contributed by atoms with van der Waals surface area (Å²) in [5.41, 5.74) is 5.89. The predicted octanol–water partition coefficient (Wildman–Crippen LogP) is 2.52. The summed E-state index contributed by atoms with van der Waals surface area (Å²) < 4.78 is 16.4. The molecule has 6 nitrogen and oxygen atoms in total. The number of rotatable bonds is 5. The molecule has 0 spiro atoms. The number of halogens is 1. The Morgan fingerprint density at radius 1 is 1.44 bits per heavy atom. The molecule has 2 N–H and O–H groups in total. The first kappa shape index (κ1) is 13.3. The van der Waals surface area contributed by atoms with Crippen molar-refractivity contribution in [1.82, 2.24) is 10.1 Å². The molecule has 98 valence electrons. The van der Waals surface area contributed by atoms with E-state index in [1.807, 2.05) is 13.8 Å². The molecule has 0 saturated heterocycles. The van der Waals surface area contributed by atoms with E-state index in [-0.39, 0.29) is 6.10 Å². The van der Waals surface area contributed by atoms with Crippen molar-refractivity contribution < 1.29 is 13.7 Å². The third kappa shape index (κ3) is 3.18. The summed E-state index contributed by atoms with van der Waals surface area (Å²) in [6.07, 6.45) is 0.114. The Balaban J connectivity index is 2.06. The van der Waals surface area contributed by atoms with Crippen molar-refractivity contribution in [2.45, 2.75) is 26.0 Å². The molecule has 0 aromatic carbocycles. The minimum absolute atomic E-state index is 0.114. The predicted molar refractivity (Wildman–Crippen MR) is 67.7 cm³/mol. The van der Waals surface area contributed by atoms with Gasteiger partial charge in [-0.25, -0.2) is 0 Å². The van der Waals surface area contributed by atoms with Gasteiger partial charge in [-0.3, -0.25) is 0 Å². The first-order chi connectivity index (χ1) is 8.56. The van der Waals surface area contributed by atoms with Gasteiger partial charge in [-0.1, -0.05) is 5.16 Å². The average molecular weight is 316 g/mol. The van der Waals surface area contributed by atoms with Crippen molar-refractivity contribution in [2.24, 2.45) is 5.73 Å². The highest BCUT2D eigenvalue weighted by atomic mass is 79.9. The van der Waals surface area contributed by atoms with E-state index in [2.05, 4.69) is 26.1 Å². The molecule has 7 heteroatoms. The summed E-state index contributed by atoms with van der Waals surface area (Å²) in [5, 5.41) is 3.81. The minimum atomic E-state index is -0.414. The highest BCUT2D eigenvalue weighted by Crippen LogP contribution is 2.24. The Labute approximate surface area is 113 Å². The molecule has 1 unspecified atom stereocenters. The highest BCUT2D eigenvalue weighted by molar-refractivity contribution is 9.10. The standard InChI is InChI=1S/C11H14BrN3O3/c1-6(2)16-5-7(13)10-14-11(18-15-10)8-3-4-9(12)17-8/h3-4,6-7H,5,13H2,1-2H3. The molecule has 2 rings (SSSR count). The monoisotopic (exact) mass is 315 g/mol. The Hall–Kier alpha value is -1.18. The van der Waals surface area contributed by atoms with Gasteiger partial charge in [0.15, 0.2) is 16.3 Å². The lowest BCUT2D eigenvalue weighted by atomic mass is 10.3. The molecule has 2 aromatic rings. The molecule has 0 amide bonds. The van der Waals surface area contributed by atoms with E-state index in [1.54, 1.807) is 12.1 Å². The minimum Gasteiger partial charge on any atom is -0.444 e. The van der Waals surface area contributed by atoms with Gasteiger partial charge >= 0.3 is 0 Å². The van der Waals surface area contributed by atoms with Crippen LogP contribution in [0.15, 0.2) is 25.7 Å². The van der Waals surface area contributed by atoms with Gasteiger partial charge < -0.3 is 19.4 Å². The van der Waals surface area contributed by atoms with E-state index in [0.29, 0.717) is 28.8 Å². The number of nitrogens with two attached hydrogens (primary N) is 1. The normalized spacial score (nSPS) is 13.2. The third-order valence-corrected chi connectivity index (χ3v) is 2.59. The van der Waals surface area contributed by atoms with E-state index >= 15 is 0 Å². The lowest BCUT2D eigenvalue weighted by Gasteiger charge is -2.10. The van der Waals surface area contributed by atoms with Crippen molar-refractivity contribution in [2.75, 3.05) is 6.61 Å². The fraction of sp³-hybridized carbons (Fsp3) is 0.455. The second-order valence-corrected chi connectivity index (χ2v) is 4.83.